The topological polar surface area (TPSA) is 115 Å². The summed E-state index contributed by atoms with van der Waals surface area (Å²) < 4.78 is 23.4. The highest BCUT2D eigenvalue weighted by Crippen LogP contribution is 2.34. The zero-order valence-corrected chi connectivity index (χ0v) is 15.6. The fraction of sp³-hybridized carbons (Fsp3) is 0.105. The largest absolute Gasteiger partial charge is 0.368 e. The van der Waals surface area contributed by atoms with E-state index in [1.54, 1.807) is 30.5 Å². The van der Waals surface area contributed by atoms with Crippen LogP contribution in [0.3, 0.4) is 0 Å². The standard InChI is InChI=1S/C19H17N5O2S/c1-11-16(14-9-13-7-8-21-18(13)22-10-14)17(24-19(20)23-11)12-3-5-15(6-4-12)27(2,25)26/h3-10H,1-2H3,(H,21,22)(H2,20,23,24). The van der Waals surface area contributed by atoms with Crippen LogP contribution in [0.2, 0.25) is 0 Å². The number of nitrogen functional groups attached to an aromatic ring is 1. The van der Waals surface area contributed by atoms with Crippen molar-refractivity contribution in [1.29, 1.82) is 0 Å². The van der Waals surface area contributed by atoms with E-state index in [4.69, 9.17) is 5.73 Å². The van der Waals surface area contributed by atoms with Gasteiger partial charge in [-0.1, -0.05) is 12.1 Å². The third-order valence-corrected chi connectivity index (χ3v) is 5.48. The van der Waals surface area contributed by atoms with E-state index in [0.717, 1.165) is 33.4 Å². The number of aryl methyl sites for hydroxylation is 1. The quantitative estimate of drug-likeness (QED) is 0.565. The fourth-order valence-electron chi connectivity index (χ4n) is 3.09. The molecule has 0 aliphatic heterocycles. The Kier molecular flexibility index (Phi) is 3.92. The molecule has 0 radical (unpaired) electrons. The first-order valence-electron chi connectivity index (χ1n) is 8.21. The minimum Gasteiger partial charge on any atom is -0.368 e. The van der Waals surface area contributed by atoms with Gasteiger partial charge >= 0.3 is 0 Å². The summed E-state index contributed by atoms with van der Waals surface area (Å²) in [5, 5.41) is 0.974. The van der Waals surface area contributed by atoms with E-state index in [1.165, 1.54) is 6.26 Å². The molecule has 0 atom stereocenters. The molecule has 0 aliphatic rings. The lowest BCUT2D eigenvalue weighted by Crippen LogP contribution is -2.03. The van der Waals surface area contributed by atoms with E-state index >= 15 is 0 Å². The van der Waals surface area contributed by atoms with Crippen LogP contribution < -0.4 is 5.73 Å². The van der Waals surface area contributed by atoms with E-state index in [0.29, 0.717) is 5.69 Å². The van der Waals surface area contributed by atoms with Gasteiger partial charge in [-0.05, 0) is 31.2 Å². The van der Waals surface area contributed by atoms with Crippen molar-refractivity contribution < 1.29 is 8.42 Å². The predicted octanol–water partition coefficient (Wildman–Crippen LogP) is 2.98. The number of fused-ring (bicyclic) bond motifs is 1. The second-order valence-corrected chi connectivity index (χ2v) is 8.34. The molecule has 0 bridgehead atoms. The number of hydrogen-bond donors (Lipinski definition) is 2. The smallest absolute Gasteiger partial charge is 0.220 e. The molecule has 0 unspecified atom stereocenters. The molecular formula is C19H17N5O2S. The van der Waals surface area contributed by atoms with Crippen LogP contribution in [0.25, 0.3) is 33.4 Å². The van der Waals surface area contributed by atoms with Crippen LogP contribution in [0.1, 0.15) is 5.69 Å². The first kappa shape index (κ1) is 17.2. The maximum Gasteiger partial charge on any atom is 0.220 e. The Morgan fingerprint density at radius 3 is 2.48 bits per heavy atom. The van der Waals surface area contributed by atoms with Gasteiger partial charge in [0.1, 0.15) is 5.65 Å². The fourth-order valence-corrected chi connectivity index (χ4v) is 3.72. The molecule has 3 heterocycles. The van der Waals surface area contributed by atoms with Gasteiger partial charge in [0.2, 0.25) is 5.95 Å². The number of nitrogens with zero attached hydrogens (tertiary/aromatic N) is 3. The van der Waals surface area contributed by atoms with Crippen LogP contribution in [0.4, 0.5) is 5.95 Å². The molecule has 0 aliphatic carbocycles. The normalized spacial score (nSPS) is 11.8. The lowest BCUT2D eigenvalue weighted by Gasteiger charge is -2.13. The first-order chi connectivity index (χ1) is 12.8. The Bertz CT molecular complexity index is 1260. The van der Waals surface area contributed by atoms with E-state index < -0.39 is 9.84 Å². The van der Waals surface area contributed by atoms with Gasteiger partial charge in [-0.2, -0.15) is 0 Å². The van der Waals surface area contributed by atoms with Crippen LogP contribution in [-0.4, -0.2) is 34.6 Å². The van der Waals surface area contributed by atoms with Gasteiger partial charge in [0.15, 0.2) is 9.84 Å². The molecular weight excluding hydrogens is 362 g/mol. The molecule has 0 saturated carbocycles. The number of anilines is 1. The minimum atomic E-state index is -3.27. The molecule has 3 N–H and O–H groups in total. The molecule has 1 aromatic carbocycles. The van der Waals surface area contributed by atoms with Gasteiger partial charge in [-0.3, -0.25) is 0 Å². The second-order valence-electron chi connectivity index (χ2n) is 6.33. The highest BCUT2D eigenvalue weighted by molar-refractivity contribution is 7.90. The molecule has 7 nitrogen and oxygen atoms in total. The van der Waals surface area contributed by atoms with E-state index in [9.17, 15) is 8.42 Å². The van der Waals surface area contributed by atoms with Crippen LogP contribution in [-0.2, 0) is 9.84 Å². The van der Waals surface area contributed by atoms with Gasteiger partial charge in [0, 0.05) is 40.7 Å². The summed E-state index contributed by atoms with van der Waals surface area (Å²) in [6.07, 6.45) is 4.77. The van der Waals surface area contributed by atoms with Crippen LogP contribution in [0, 0.1) is 6.92 Å². The van der Waals surface area contributed by atoms with Crippen LogP contribution >= 0.6 is 0 Å². The Morgan fingerprint density at radius 1 is 1.04 bits per heavy atom. The summed E-state index contributed by atoms with van der Waals surface area (Å²) in [5.41, 5.74) is 10.5. The molecule has 4 rings (SSSR count). The number of rotatable bonds is 3. The highest BCUT2D eigenvalue weighted by Gasteiger charge is 2.16. The number of nitrogens with two attached hydrogens (primary N) is 1. The zero-order chi connectivity index (χ0) is 19.2. The van der Waals surface area contributed by atoms with Crippen molar-refractivity contribution in [3.05, 3.63) is 54.5 Å². The Hall–Kier alpha value is -3.26. The molecule has 3 aromatic heterocycles. The van der Waals surface area contributed by atoms with E-state index in [-0.39, 0.29) is 10.8 Å². The SMILES string of the molecule is Cc1nc(N)nc(-c2ccc(S(C)(=O)=O)cc2)c1-c1cnc2[nH]ccc2c1. The summed E-state index contributed by atoms with van der Waals surface area (Å²) >= 11 is 0. The van der Waals surface area contributed by atoms with Gasteiger partial charge < -0.3 is 10.7 Å². The predicted molar refractivity (Wildman–Crippen MR) is 105 cm³/mol. The molecule has 136 valence electrons. The molecule has 27 heavy (non-hydrogen) atoms. The second kappa shape index (κ2) is 6.17. The Morgan fingerprint density at radius 2 is 1.78 bits per heavy atom. The van der Waals surface area contributed by atoms with Gasteiger partial charge in [-0.15, -0.1) is 0 Å². The van der Waals surface area contributed by atoms with Crippen molar-refractivity contribution in [3.8, 4) is 22.4 Å². The monoisotopic (exact) mass is 379 g/mol. The number of benzene rings is 1. The van der Waals surface area contributed by atoms with E-state index in [2.05, 4.69) is 19.9 Å². The number of nitrogens with one attached hydrogen (secondary N) is 1. The third kappa shape index (κ3) is 3.15. The Balaban J connectivity index is 1.92. The number of H-pyrrole nitrogens is 1. The van der Waals surface area contributed by atoms with Crippen molar-refractivity contribution in [2.75, 3.05) is 12.0 Å². The van der Waals surface area contributed by atoms with Crippen molar-refractivity contribution in [1.82, 2.24) is 19.9 Å². The summed E-state index contributed by atoms with van der Waals surface area (Å²) in [5.74, 6) is 0.161. The van der Waals surface area contributed by atoms with Crippen LogP contribution in [0.5, 0.6) is 0 Å². The lowest BCUT2D eigenvalue weighted by atomic mass is 9.98. The summed E-state index contributed by atoms with van der Waals surface area (Å²) in [6, 6.07) is 10.5. The molecule has 8 heteroatoms. The number of aromatic nitrogens is 4. The lowest BCUT2D eigenvalue weighted by molar-refractivity contribution is 0.602. The number of aromatic amines is 1. The third-order valence-electron chi connectivity index (χ3n) is 4.35. The molecule has 0 fully saturated rings. The zero-order valence-electron chi connectivity index (χ0n) is 14.8. The number of pyridine rings is 1. The minimum absolute atomic E-state index is 0.161. The average molecular weight is 379 g/mol. The molecule has 0 saturated heterocycles. The average Bonchev–Trinajstić information content (AvgIpc) is 3.08. The van der Waals surface area contributed by atoms with Crippen molar-refractivity contribution in [3.63, 3.8) is 0 Å². The summed E-state index contributed by atoms with van der Waals surface area (Å²) in [4.78, 5) is 16.5. The molecule has 4 aromatic rings. The summed E-state index contributed by atoms with van der Waals surface area (Å²) in [7, 11) is -3.27. The van der Waals surface area contributed by atoms with E-state index in [1.807, 2.05) is 25.3 Å². The first-order valence-corrected chi connectivity index (χ1v) is 10.1. The Labute approximate surface area is 156 Å². The van der Waals surface area contributed by atoms with Gasteiger partial charge in [-0.25, -0.2) is 23.4 Å². The molecule has 0 spiro atoms. The van der Waals surface area contributed by atoms with Crippen molar-refractivity contribution in [2.24, 2.45) is 0 Å². The maximum atomic E-state index is 11.7. The number of sulfone groups is 1. The maximum absolute atomic E-state index is 11.7. The van der Waals surface area contributed by atoms with Crippen LogP contribution in [0.15, 0.2) is 53.7 Å². The molecule has 0 amide bonds. The summed E-state index contributed by atoms with van der Waals surface area (Å²) in [6.45, 7) is 1.86. The van der Waals surface area contributed by atoms with Crippen molar-refractivity contribution in [2.45, 2.75) is 11.8 Å². The highest BCUT2D eigenvalue weighted by atomic mass is 32.2. The number of hydrogen-bond acceptors (Lipinski definition) is 6. The van der Waals surface area contributed by atoms with Gasteiger partial charge in [0.25, 0.3) is 0 Å². The van der Waals surface area contributed by atoms with Gasteiger partial charge in [0.05, 0.1) is 16.3 Å². The van der Waals surface area contributed by atoms with Crippen molar-refractivity contribution >= 4 is 26.8 Å².